The number of rotatable bonds is 3. The first kappa shape index (κ1) is 12.8. The lowest BCUT2D eigenvalue weighted by Crippen LogP contribution is -2.11. The van der Waals surface area contributed by atoms with Crippen LogP contribution in [0.25, 0.3) is 11.3 Å². The van der Waals surface area contributed by atoms with Crippen molar-refractivity contribution in [2.75, 3.05) is 6.61 Å². The van der Waals surface area contributed by atoms with Gasteiger partial charge in [-0.1, -0.05) is 30.3 Å². The minimum absolute atomic E-state index is 0.289. The molecule has 0 N–H and O–H groups in total. The summed E-state index contributed by atoms with van der Waals surface area (Å²) in [6.07, 6.45) is 5.18. The molecule has 0 aliphatic carbocycles. The molecule has 0 radical (unpaired) electrons. The third kappa shape index (κ3) is 3.01. The van der Waals surface area contributed by atoms with Crippen LogP contribution in [0.2, 0.25) is 0 Å². The second-order valence-corrected chi connectivity index (χ2v) is 5.45. The molecule has 19 heavy (non-hydrogen) atoms. The van der Waals surface area contributed by atoms with E-state index < -0.39 is 0 Å². The fourth-order valence-electron chi connectivity index (χ4n) is 2.31. The van der Waals surface area contributed by atoms with Crippen LogP contribution in [-0.2, 0) is 11.2 Å². The molecule has 2 heterocycles. The van der Waals surface area contributed by atoms with Crippen molar-refractivity contribution in [2.24, 2.45) is 0 Å². The highest BCUT2D eigenvalue weighted by Crippen LogP contribution is 2.23. The fourth-order valence-corrected chi connectivity index (χ4v) is 2.66. The van der Waals surface area contributed by atoms with Crippen LogP contribution >= 0.6 is 15.9 Å². The predicted octanol–water partition coefficient (Wildman–Crippen LogP) is 3.63. The van der Waals surface area contributed by atoms with E-state index in [9.17, 15) is 0 Å². The molecule has 1 atom stereocenters. The molecule has 1 aromatic heterocycles. The summed E-state index contributed by atoms with van der Waals surface area (Å²) in [6.45, 7) is 0.869. The van der Waals surface area contributed by atoms with Crippen LogP contribution in [-0.4, -0.2) is 22.7 Å². The number of nitrogens with zero attached hydrogens (tertiary/aromatic N) is 2. The molecular formula is C15H15BrN2O. The summed E-state index contributed by atoms with van der Waals surface area (Å²) in [5.74, 6) is 0. The Balaban J connectivity index is 1.87. The lowest BCUT2D eigenvalue weighted by molar-refractivity contribution is 0.110. The Bertz CT molecular complexity index is 553. The van der Waals surface area contributed by atoms with Gasteiger partial charge in [0.1, 0.15) is 4.60 Å². The van der Waals surface area contributed by atoms with Gasteiger partial charge in [-0.05, 0) is 28.8 Å². The summed E-state index contributed by atoms with van der Waals surface area (Å²) >= 11 is 3.48. The molecule has 0 saturated carbocycles. The van der Waals surface area contributed by atoms with Crippen LogP contribution in [0.15, 0.2) is 41.1 Å². The second-order valence-electron chi connectivity index (χ2n) is 4.70. The zero-order valence-electron chi connectivity index (χ0n) is 10.6. The zero-order chi connectivity index (χ0) is 13.1. The third-order valence-electron chi connectivity index (χ3n) is 3.31. The van der Waals surface area contributed by atoms with Gasteiger partial charge in [0.2, 0.25) is 0 Å². The summed E-state index contributed by atoms with van der Waals surface area (Å²) in [4.78, 5) is 9.11. The number of benzene rings is 1. The van der Waals surface area contributed by atoms with Gasteiger partial charge in [-0.25, -0.2) is 9.97 Å². The number of hydrogen-bond acceptors (Lipinski definition) is 3. The van der Waals surface area contributed by atoms with E-state index in [-0.39, 0.29) is 6.10 Å². The van der Waals surface area contributed by atoms with Crippen molar-refractivity contribution in [3.05, 3.63) is 46.8 Å². The van der Waals surface area contributed by atoms with Crippen molar-refractivity contribution in [1.82, 2.24) is 9.97 Å². The standard InChI is InChI=1S/C15H15BrN2O/c16-15-13(9-12-7-4-8-19-12)18-14(10-17-15)11-5-2-1-3-6-11/h1-3,5-6,10,12H,4,7-9H2. The first-order valence-corrected chi connectivity index (χ1v) is 7.30. The SMILES string of the molecule is Brc1ncc(-c2ccccc2)nc1CC1CCCO1. The molecule has 1 aromatic carbocycles. The molecule has 1 saturated heterocycles. The van der Waals surface area contributed by atoms with Crippen molar-refractivity contribution in [3.63, 3.8) is 0 Å². The topological polar surface area (TPSA) is 35.0 Å². The monoisotopic (exact) mass is 318 g/mol. The normalized spacial score (nSPS) is 18.7. The number of aromatic nitrogens is 2. The molecule has 1 unspecified atom stereocenters. The van der Waals surface area contributed by atoms with Gasteiger partial charge >= 0.3 is 0 Å². The second kappa shape index (κ2) is 5.80. The summed E-state index contributed by atoms with van der Waals surface area (Å²) < 4.78 is 6.49. The fraction of sp³-hybridized carbons (Fsp3) is 0.333. The molecule has 0 bridgehead atoms. The van der Waals surface area contributed by atoms with E-state index in [0.717, 1.165) is 47.4 Å². The van der Waals surface area contributed by atoms with E-state index in [1.54, 1.807) is 6.20 Å². The zero-order valence-corrected chi connectivity index (χ0v) is 12.1. The Morgan fingerprint density at radius 3 is 2.84 bits per heavy atom. The maximum Gasteiger partial charge on any atom is 0.127 e. The van der Waals surface area contributed by atoms with Crippen LogP contribution in [0.1, 0.15) is 18.5 Å². The first-order valence-electron chi connectivity index (χ1n) is 6.51. The van der Waals surface area contributed by atoms with Crippen molar-refractivity contribution in [2.45, 2.75) is 25.4 Å². The van der Waals surface area contributed by atoms with Gasteiger partial charge in [0.15, 0.2) is 0 Å². The summed E-state index contributed by atoms with van der Waals surface area (Å²) in [6, 6.07) is 10.1. The van der Waals surface area contributed by atoms with Crippen LogP contribution < -0.4 is 0 Å². The number of halogens is 1. The third-order valence-corrected chi connectivity index (χ3v) is 3.97. The van der Waals surface area contributed by atoms with Crippen molar-refractivity contribution >= 4 is 15.9 Å². The Morgan fingerprint density at radius 2 is 2.11 bits per heavy atom. The summed E-state index contributed by atoms with van der Waals surface area (Å²) in [5.41, 5.74) is 2.99. The molecule has 1 aliphatic heterocycles. The highest BCUT2D eigenvalue weighted by molar-refractivity contribution is 9.10. The van der Waals surface area contributed by atoms with E-state index in [1.807, 2.05) is 30.3 Å². The van der Waals surface area contributed by atoms with Crippen LogP contribution in [0.4, 0.5) is 0 Å². The molecule has 98 valence electrons. The molecule has 2 aromatic rings. The van der Waals surface area contributed by atoms with Gasteiger partial charge in [-0.15, -0.1) is 0 Å². The van der Waals surface area contributed by atoms with E-state index >= 15 is 0 Å². The minimum atomic E-state index is 0.289. The molecule has 3 nitrogen and oxygen atoms in total. The van der Waals surface area contributed by atoms with Crippen molar-refractivity contribution in [1.29, 1.82) is 0 Å². The van der Waals surface area contributed by atoms with Crippen molar-refractivity contribution in [3.8, 4) is 11.3 Å². The maximum atomic E-state index is 5.67. The Morgan fingerprint density at radius 1 is 1.26 bits per heavy atom. The molecule has 0 amide bonds. The maximum absolute atomic E-state index is 5.67. The molecule has 1 aliphatic rings. The molecule has 1 fully saturated rings. The Kier molecular flexibility index (Phi) is 3.89. The number of hydrogen-bond donors (Lipinski definition) is 0. The van der Waals surface area contributed by atoms with E-state index in [0.29, 0.717) is 0 Å². The quantitative estimate of drug-likeness (QED) is 0.866. The molecular weight excluding hydrogens is 304 g/mol. The average Bonchev–Trinajstić information content (AvgIpc) is 2.95. The van der Waals surface area contributed by atoms with Gasteiger partial charge in [0.25, 0.3) is 0 Å². The van der Waals surface area contributed by atoms with Gasteiger partial charge in [0.05, 0.1) is 23.7 Å². The lowest BCUT2D eigenvalue weighted by Gasteiger charge is -2.11. The average molecular weight is 319 g/mol. The number of ether oxygens (including phenoxy) is 1. The van der Waals surface area contributed by atoms with E-state index in [4.69, 9.17) is 9.72 Å². The van der Waals surface area contributed by atoms with Crippen LogP contribution in [0, 0.1) is 0 Å². The van der Waals surface area contributed by atoms with Gasteiger partial charge in [0, 0.05) is 18.6 Å². The predicted molar refractivity (Wildman–Crippen MR) is 77.8 cm³/mol. The highest BCUT2D eigenvalue weighted by atomic mass is 79.9. The van der Waals surface area contributed by atoms with Gasteiger partial charge < -0.3 is 4.74 Å². The largest absolute Gasteiger partial charge is 0.378 e. The van der Waals surface area contributed by atoms with E-state index in [1.165, 1.54) is 0 Å². The minimum Gasteiger partial charge on any atom is -0.378 e. The van der Waals surface area contributed by atoms with Crippen LogP contribution in [0.3, 0.4) is 0 Å². The Hall–Kier alpha value is -1.26. The smallest absolute Gasteiger partial charge is 0.127 e. The van der Waals surface area contributed by atoms with E-state index in [2.05, 4.69) is 20.9 Å². The van der Waals surface area contributed by atoms with Gasteiger partial charge in [-0.2, -0.15) is 0 Å². The molecule has 0 spiro atoms. The molecule has 4 heteroatoms. The van der Waals surface area contributed by atoms with Crippen molar-refractivity contribution < 1.29 is 4.74 Å². The van der Waals surface area contributed by atoms with Gasteiger partial charge in [-0.3, -0.25) is 0 Å². The van der Waals surface area contributed by atoms with Crippen LogP contribution in [0.5, 0.6) is 0 Å². The summed E-state index contributed by atoms with van der Waals surface area (Å²) in [7, 11) is 0. The Labute approximate surface area is 121 Å². The first-order chi connectivity index (χ1) is 9.33. The summed E-state index contributed by atoms with van der Waals surface area (Å²) in [5, 5.41) is 0. The lowest BCUT2D eigenvalue weighted by atomic mass is 10.1. The molecule has 3 rings (SSSR count). The highest BCUT2D eigenvalue weighted by Gasteiger charge is 2.19.